The molecular formula is C16H30N2O2. The van der Waals surface area contributed by atoms with Gasteiger partial charge in [0.1, 0.15) is 0 Å². The van der Waals surface area contributed by atoms with Crippen LogP contribution in [-0.2, 0) is 9.53 Å². The molecule has 0 aromatic heterocycles. The molecule has 2 fully saturated rings. The highest BCUT2D eigenvalue weighted by molar-refractivity contribution is 5.73. The van der Waals surface area contributed by atoms with Crippen molar-refractivity contribution < 1.29 is 9.53 Å². The number of carbonyl (C=O) groups is 1. The summed E-state index contributed by atoms with van der Waals surface area (Å²) in [7, 11) is 0. The number of nitrogens with zero attached hydrogens (tertiary/aromatic N) is 1. The first-order valence-electron chi connectivity index (χ1n) is 7.89. The number of carbonyl (C=O) groups excluding carboxylic acids is 1. The third kappa shape index (κ3) is 3.73. The van der Waals surface area contributed by atoms with Crippen molar-refractivity contribution in [2.45, 2.75) is 71.1 Å². The van der Waals surface area contributed by atoms with Crippen LogP contribution in [0.2, 0.25) is 0 Å². The molecule has 0 aromatic rings. The highest BCUT2D eigenvalue weighted by Crippen LogP contribution is 2.37. The van der Waals surface area contributed by atoms with Crippen LogP contribution in [0.15, 0.2) is 0 Å². The van der Waals surface area contributed by atoms with Gasteiger partial charge < -0.3 is 15.0 Å². The molecule has 2 aliphatic heterocycles. The minimum atomic E-state index is -0.0937. The van der Waals surface area contributed by atoms with E-state index in [2.05, 4.69) is 33.0 Å². The van der Waals surface area contributed by atoms with Gasteiger partial charge in [0.2, 0.25) is 5.91 Å². The van der Waals surface area contributed by atoms with E-state index in [9.17, 15) is 4.79 Å². The van der Waals surface area contributed by atoms with E-state index in [4.69, 9.17) is 4.74 Å². The summed E-state index contributed by atoms with van der Waals surface area (Å²) in [5.41, 5.74) is -0.122. The highest BCUT2D eigenvalue weighted by Gasteiger charge is 2.45. The van der Waals surface area contributed by atoms with Crippen molar-refractivity contribution in [2.24, 2.45) is 5.92 Å². The summed E-state index contributed by atoms with van der Waals surface area (Å²) >= 11 is 0. The summed E-state index contributed by atoms with van der Waals surface area (Å²) in [6.45, 7) is 13.2. The average Bonchev–Trinajstić information content (AvgIpc) is 2.54. The molecule has 0 saturated carbocycles. The van der Waals surface area contributed by atoms with Crippen LogP contribution < -0.4 is 5.32 Å². The topological polar surface area (TPSA) is 41.6 Å². The van der Waals surface area contributed by atoms with E-state index >= 15 is 0 Å². The molecule has 0 radical (unpaired) electrons. The number of hydrogen-bond acceptors (Lipinski definition) is 3. The molecule has 4 heteroatoms. The third-order valence-electron chi connectivity index (χ3n) is 4.79. The minimum Gasteiger partial charge on any atom is -0.368 e. The normalized spacial score (nSPS) is 29.6. The SMILES string of the molecule is CC(=O)N1CCC(CN[C@@H]2CC(C)(C)OC2(C)C)CC1. The van der Waals surface area contributed by atoms with Crippen molar-refractivity contribution in [3.63, 3.8) is 0 Å². The molecule has 2 heterocycles. The van der Waals surface area contributed by atoms with Gasteiger partial charge in [-0.3, -0.25) is 4.79 Å². The van der Waals surface area contributed by atoms with Crippen LogP contribution in [0.5, 0.6) is 0 Å². The predicted molar refractivity (Wildman–Crippen MR) is 80.6 cm³/mol. The lowest BCUT2D eigenvalue weighted by atomic mass is 9.92. The Morgan fingerprint density at radius 1 is 1.25 bits per heavy atom. The first-order chi connectivity index (χ1) is 9.20. The first kappa shape index (κ1) is 15.8. The molecule has 116 valence electrons. The maximum atomic E-state index is 11.3. The van der Waals surface area contributed by atoms with Gasteiger partial charge in [0.15, 0.2) is 0 Å². The zero-order chi connectivity index (χ0) is 15.0. The van der Waals surface area contributed by atoms with Crippen LogP contribution in [0.25, 0.3) is 0 Å². The number of hydrogen-bond donors (Lipinski definition) is 1. The van der Waals surface area contributed by atoms with Crippen LogP contribution >= 0.6 is 0 Å². The zero-order valence-corrected chi connectivity index (χ0v) is 13.7. The van der Waals surface area contributed by atoms with Crippen LogP contribution in [-0.4, -0.2) is 47.7 Å². The molecule has 4 nitrogen and oxygen atoms in total. The molecule has 1 atom stereocenters. The first-order valence-corrected chi connectivity index (χ1v) is 7.89. The maximum Gasteiger partial charge on any atom is 0.219 e. The smallest absolute Gasteiger partial charge is 0.219 e. The van der Waals surface area contributed by atoms with E-state index in [1.165, 1.54) is 0 Å². The van der Waals surface area contributed by atoms with Crippen molar-refractivity contribution in [3.05, 3.63) is 0 Å². The molecule has 1 N–H and O–H groups in total. The second kappa shape index (κ2) is 5.64. The number of nitrogens with one attached hydrogen (secondary N) is 1. The Labute approximate surface area is 123 Å². The summed E-state index contributed by atoms with van der Waals surface area (Å²) in [5, 5.41) is 3.71. The van der Waals surface area contributed by atoms with Gasteiger partial charge in [-0.2, -0.15) is 0 Å². The lowest BCUT2D eigenvalue weighted by Crippen LogP contribution is -2.47. The van der Waals surface area contributed by atoms with Gasteiger partial charge >= 0.3 is 0 Å². The summed E-state index contributed by atoms with van der Waals surface area (Å²) in [5.74, 6) is 0.897. The number of ether oxygens (including phenoxy) is 1. The fourth-order valence-corrected chi connectivity index (χ4v) is 3.64. The molecule has 0 aliphatic carbocycles. The molecule has 20 heavy (non-hydrogen) atoms. The van der Waals surface area contributed by atoms with Crippen LogP contribution in [0, 0.1) is 5.92 Å². The second-order valence-corrected chi connectivity index (χ2v) is 7.58. The van der Waals surface area contributed by atoms with Gasteiger partial charge in [-0.1, -0.05) is 0 Å². The minimum absolute atomic E-state index is 0.0286. The Kier molecular flexibility index (Phi) is 4.45. The summed E-state index contributed by atoms with van der Waals surface area (Å²) in [6.07, 6.45) is 3.29. The monoisotopic (exact) mass is 282 g/mol. The Bertz CT molecular complexity index is 357. The van der Waals surface area contributed by atoms with E-state index in [1.54, 1.807) is 6.92 Å². The highest BCUT2D eigenvalue weighted by atomic mass is 16.5. The Morgan fingerprint density at radius 3 is 2.30 bits per heavy atom. The lowest BCUT2D eigenvalue weighted by molar-refractivity contribution is -0.130. The summed E-state index contributed by atoms with van der Waals surface area (Å²) < 4.78 is 6.12. The molecule has 1 amide bonds. The molecule has 0 spiro atoms. The van der Waals surface area contributed by atoms with E-state index in [0.717, 1.165) is 38.9 Å². The van der Waals surface area contributed by atoms with E-state index < -0.39 is 0 Å². The van der Waals surface area contributed by atoms with Crippen molar-refractivity contribution >= 4 is 5.91 Å². The molecule has 0 aromatic carbocycles. The average molecular weight is 282 g/mol. The quantitative estimate of drug-likeness (QED) is 0.862. The van der Waals surface area contributed by atoms with Crippen LogP contribution in [0.1, 0.15) is 53.9 Å². The Morgan fingerprint density at radius 2 is 1.85 bits per heavy atom. The molecular weight excluding hydrogens is 252 g/mol. The van der Waals surface area contributed by atoms with Gasteiger partial charge in [0.05, 0.1) is 11.2 Å². The van der Waals surface area contributed by atoms with Gasteiger partial charge in [0.25, 0.3) is 0 Å². The zero-order valence-electron chi connectivity index (χ0n) is 13.7. The largest absolute Gasteiger partial charge is 0.368 e. The number of likely N-dealkylation sites (tertiary alicyclic amines) is 1. The number of amides is 1. The van der Waals surface area contributed by atoms with E-state index in [1.807, 2.05) is 4.90 Å². The van der Waals surface area contributed by atoms with Crippen molar-refractivity contribution in [1.29, 1.82) is 0 Å². The van der Waals surface area contributed by atoms with Gasteiger partial charge in [-0.15, -0.1) is 0 Å². The number of rotatable bonds is 3. The molecule has 2 saturated heterocycles. The molecule has 2 rings (SSSR count). The second-order valence-electron chi connectivity index (χ2n) is 7.58. The third-order valence-corrected chi connectivity index (χ3v) is 4.79. The molecule has 0 bridgehead atoms. The molecule has 2 aliphatic rings. The van der Waals surface area contributed by atoms with Gasteiger partial charge in [0, 0.05) is 26.1 Å². The van der Waals surface area contributed by atoms with E-state index in [0.29, 0.717) is 12.0 Å². The Hall–Kier alpha value is -0.610. The fourth-order valence-electron chi connectivity index (χ4n) is 3.64. The van der Waals surface area contributed by atoms with Gasteiger partial charge in [-0.05, 0) is 59.4 Å². The van der Waals surface area contributed by atoms with Crippen molar-refractivity contribution in [1.82, 2.24) is 10.2 Å². The molecule has 0 unspecified atom stereocenters. The van der Waals surface area contributed by atoms with Crippen molar-refractivity contribution in [3.8, 4) is 0 Å². The van der Waals surface area contributed by atoms with Gasteiger partial charge in [-0.25, -0.2) is 0 Å². The van der Waals surface area contributed by atoms with Crippen LogP contribution in [0.4, 0.5) is 0 Å². The Balaban J connectivity index is 1.78. The van der Waals surface area contributed by atoms with Crippen molar-refractivity contribution in [2.75, 3.05) is 19.6 Å². The lowest BCUT2D eigenvalue weighted by Gasteiger charge is -2.33. The standard InChI is InChI=1S/C16H30N2O2/c1-12(19)18-8-6-13(7-9-18)11-17-14-10-15(2,3)20-16(14,4)5/h13-14,17H,6-11H2,1-5H3/t14-/m1/s1. The van der Waals surface area contributed by atoms with E-state index in [-0.39, 0.29) is 17.1 Å². The van der Waals surface area contributed by atoms with Crippen LogP contribution in [0.3, 0.4) is 0 Å². The summed E-state index contributed by atoms with van der Waals surface area (Å²) in [6, 6.07) is 0.420. The predicted octanol–water partition coefficient (Wildman–Crippen LogP) is 2.18. The number of piperidine rings is 1. The fraction of sp³-hybridized carbons (Fsp3) is 0.938. The summed E-state index contributed by atoms with van der Waals surface area (Å²) in [4.78, 5) is 13.3. The maximum absolute atomic E-state index is 11.3.